The van der Waals surface area contributed by atoms with E-state index < -0.39 is 15.8 Å². The first kappa shape index (κ1) is 13.5. The average Bonchev–Trinajstić information content (AvgIpc) is 2.37. The second kappa shape index (κ2) is 5.40. The van der Waals surface area contributed by atoms with Gasteiger partial charge in [0.1, 0.15) is 0 Å². The molecule has 0 aliphatic carbocycles. The van der Waals surface area contributed by atoms with E-state index in [9.17, 15) is 13.2 Å². The van der Waals surface area contributed by atoms with E-state index in [4.69, 9.17) is 5.11 Å². The molecule has 0 aliphatic heterocycles. The third-order valence-corrected chi connectivity index (χ3v) is 4.68. The van der Waals surface area contributed by atoms with Crippen LogP contribution in [0.5, 0.6) is 0 Å². The van der Waals surface area contributed by atoms with Crippen molar-refractivity contribution >= 4 is 26.6 Å². The molecule has 0 amide bonds. The van der Waals surface area contributed by atoms with Gasteiger partial charge in [-0.25, -0.2) is 8.42 Å². The lowest BCUT2D eigenvalue weighted by atomic mass is 10.1. The fourth-order valence-corrected chi connectivity index (χ4v) is 3.23. The van der Waals surface area contributed by atoms with E-state index in [2.05, 4.69) is 0 Å². The van der Waals surface area contributed by atoms with Gasteiger partial charge in [-0.2, -0.15) is 0 Å². The zero-order chi connectivity index (χ0) is 13.9. The molecule has 0 fully saturated rings. The van der Waals surface area contributed by atoms with Gasteiger partial charge in [-0.15, -0.1) is 0 Å². The monoisotopic (exact) mass is 278 g/mol. The molecule has 100 valence electrons. The first-order valence-corrected chi connectivity index (χ1v) is 7.58. The highest BCUT2D eigenvalue weighted by atomic mass is 32.2. The first-order chi connectivity index (χ1) is 8.99. The molecule has 0 saturated carbocycles. The molecule has 0 unspecified atom stereocenters. The maximum Gasteiger partial charge on any atom is 0.303 e. The SMILES string of the molecule is O=C(O)CCCS(=O)(=O)c1ccc2ccccc2c1. The number of hydrogen-bond acceptors (Lipinski definition) is 3. The molecule has 5 heteroatoms. The zero-order valence-electron chi connectivity index (χ0n) is 10.2. The summed E-state index contributed by atoms with van der Waals surface area (Å²) < 4.78 is 24.1. The molecule has 0 saturated heterocycles. The summed E-state index contributed by atoms with van der Waals surface area (Å²) in [5.74, 6) is -1.12. The Labute approximate surface area is 111 Å². The molecule has 0 atom stereocenters. The van der Waals surface area contributed by atoms with Gasteiger partial charge in [-0.05, 0) is 29.3 Å². The van der Waals surface area contributed by atoms with Gasteiger partial charge in [0.2, 0.25) is 0 Å². The number of hydrogen-bond donors (Lipinski definition) is 1. The summed E-state index contributed by atoms with van der Waals surface area (Å²) in [5, 5.41) is 10.4. The normalized spacial score (nSPS) is 11.6. The number of fused-ring (bicyclic) bond motifs is 1. The van der Waals surface area contributed by atoms with Gasteiger partial charge in [0, 0.05) is 6.42 Å². The van der Waals surface area contributed by atoms with E-state index in [0.717, 1.165) is 10.8 Å². The summed E-state index contributed by atoms with van der Waals surface area (Å²) in [7, 11) is -3.41. The highest BCUT2D eigenvalue weighted by Crippen LogP contribution is 2.20. The van der Waals surface area contributed by atoms with Crippen molar-refractivity contribution in [2.45, 2.75) is 17.7 Å². The molecule has 0 aliphatic rings. The van der Waals surface area contributed by atoms with Crippen molar-refractivity contribution < 1.29 is 18.3 Å². The Hall–Kier alpha value is -1.88. The number of carboxylic acid groups (broad SMARTS) is 1. The molecule has 1 N–H and O–H groups in total. The Kier molecular flexibility index (Phi) is 3.85. The average molecular weight is 278 g/mol. The van der Waals surface area contributed by atoms with E-state index in [1.807, 2.05) is 24.3 Å². The third-order valence-electron chi connectivity index (χ3n) is 2.88. The molecular formula is C14H14O4S. The number of sulfone groups is 1. The lowest BCUT2D eigenvalue weighted by molar-refractivity contribution is -0.137. The van der Waals surface area contributed by atoms with Gasteiger partial charge in [0.25, 0.3) is 0 Å². The van der Waals surface area contributed by atoms with Crippen LogP contribution in [0.1, 0.15) is 12.8 Å². The van der Waals surface area contributed by atoms with Crippen LogP contribution in [-0.2, 0) is 14.6 Å². The van der Waals surface area contributed by atoms with Crippen molar-refractivity contribution in [1.82, 2.24) is 0 Å². The van der Waals surface area contributed by atoms with Crippen LogP contribution in [0.4, 0.5) is 0 Å². The first-order valence-electron chi connectivity index (χ1n) is 5.92. The molecule has 0 heterocycles. The molecule has 0 radical (unpaired) electrons. The molecule has 2 aromatic carbocycles. The van der Waals surface area contributed by atoms with Gasteiger partial charge in [0.05, 0.1) is 10.6 Å². The van der Waals surface area contributed by atoms with Crippen LogP contribution in [0.3, 0.4) is 0 Å². The molecule has 2 aromatic rings. The Morgan fingerprint density at radius 3 is 2.42 bits per heavy atom. The van der Waals surface area contributed by atoms with Crippen molar-refractivity contribution in [3.8, 4) is 0 Å². The van der Waals surface area contributed by atoms with Crippen molar-refractivity contribution in [3.63, 3.8) is 0 Å². The van der Waals surface area contributed by atoms with Crippen molar-refractivity contribution in [2.75, 3.05) is 5.75 Å². The second-order valence-corrected chi connectivity index (χ2v) is 6.43. The Bertz CT molecular complexity index is 704. The minimum absolute atomic E-state index is 0.129. The predicted octanol–water partition coefficient (Wildman–Crippen LogP) is 2.48. The molecule has 0 aromatic heterocycles. The fourth-order valence-electron chi connectivity index (χ4n) is 1.89. The summed E-state index contributed by atoms with van der Waals surface area (Å²) in [4.78, 5) is 10.6. The van der Waals surface area contributed by atoms with E-state index in [-0.39, 0.29) is 23.5 Å². The Balaban J connectivity index is 2.25. The molecule has 0 bridgehead atoms. The van der Waals surface area contributed by atoms with Gasteiger partial charge < -0.3 is 5.11 Å². The summed E-state index contributed by atoms with van der Waals surface area (Å²) in [6.07, 6.45) is -0.00267. The van der Waals surface area contributed by atoms with Crippen LogP contribution in [0.25, 0.3) is 10.8 Å². The molecule has 0 spiro atoms. The lowest BCUT2D eigenvalue weighted by Crippen LogP contribution is -2.08. The van der Waals surface area contributed by atoms with Crippen LogP contribution < -0.4 is 0 Å². The van der Waals surface area contributed by atoms with Crippen LogP contribution >= 0.6 is 0 Å². The van der Waals surface area contributed by atoms with Crippen molar-refractivity contribution in [3.05, 3.63) is 42.5 Å². The maximum absolute atomic E-state index is 12.1. The second-order valence-electron chi connectivity index (χ2n) is 4.33. The Morgan fingerprint density at radius 2 is 1.74 bits per heavy atom. The number of carboxylic acids is 1. The minimum atomic E-state index is -3.41. The highest BCUT2D eigenvalue weighted by molar-refractivity contribution is 7.91. The molecule has 2 rings (SSSR count). The number of carbonyl (C=O) groups is 1. The van der Waals surface area contributed by atoms with Crippen LogP contribution in [0.2, 0.25) is 0 Å². The topological polar surface area (TPSA) is 71.4 Å². The third kappa shape index (κ3) is 3.32. The van der Waals surface area contributed by atoms with Crippen molar-refractivity contribution in [1.29, 1.82) is 0 Å². The smallest absolute Gasteiger partial charge is 0.303 e. The summed E-state index contributed by atoms with van der Waals surface area (Å²) in [5.41, 5.74) is 0. The number of benzene rings is 2. The largest absolute Gasteiger partial charge is 0.481 e. The Morgan fingerprint density at radius 1 is 1.05 bits per heavy atom. The molecule has 4 nitrogen and oxygen atoms in total. The van der Waals surface area contributed by atoms with Gasteiger partial charge in [0.15, 0.2) is 9.84 Å². The minimum Gasteiger partial charge on any atom is -0.481 e. The standard InChI is InChI=1S/C14H14O4S/c15-14(16)6-3-9-19(17,18)13-8-7-11-4-1-2-5-12(11)10-13/h1-2,4-5,7-8,10H,3,6,9H2,(H,15,16). The molecule has 19 heavy (non-hydrogen) atoms. The van der Waals surface area contributed by atoms with Gasteiger partial charge in [-0.3, -0.25) is 4.79 Å². The lowest BCUT2D eigenvalue weighted by Gasteiger charge is -2.05. The van der Waals surface area contributed by atoms with Gasteiger partial charge >= 0.3 is 5.97 Å². The van der Waals surface area contributed by atoms with E-state index in [1.165, 1.54) is 0 Å². The summed E-state index contributed by atoms with van der Waals surface area (Å²) >= 11 is 0. The van der Waals surface area contributed by atoms with Crippen LogP contribution in [0.15, 0.2) is 47.4 Å². The summed E-state index contributed by atoms with van der Waals surface area (Å²) in [6.45, 7) is 0. The molecular weight excluding hydrogens is 264 g/mol. The highest BCUT2D eigenvalue weighted by Gasteiger charge is 2.15. The number of aliphatic carboxylic acids is 1. The van der Waals surface area contributed by atoms with E-state index >= 15 is 0 Å². The van der Waals surface area contributed by atoms with E-state index in [1.54, 1.807) is 18.2 Å². The van der Waals surface area contributed by atoms with Crippen LogP contribution in [-0.4, -0.2) is 25.2 Å². The maximum atomic E-state index is 12.1. The predicted molar refractivity (Wildman–Crippen MR) is 72.9 cm³/mol. The summed E-state index contributed by atoms with van der Waals surface area (Å²) in [6, 6.07) is 12.5. The quantitative estimate of drug-likeness (QED) is 0.912. The van der Waals surface area contributed by atoms with Gasteiger partial charge in [-0.1, -0.05) is 30.3 Å². The van der Waals surface area contributed by atoms with E-state index in [0.29, 0.717) is 0 Å². The zero-order valence-corrected chi connectivity index (χ0v) is 11.1. The fraction of sp³-hybridized carbons (Fsp3) is 0.214. The van der Waals surface area contributed by atoms with Crippen LogP contribution in [0, 0.1) is 0 Å². The number of rotatable bonds is 5. The van der Waals surface area contributed by atoms with Crippen molar-refractivity contribution in [2.24, 2.45) is 0 Å².